The first-order valence-electron chi connectivity index (χ1n) is 15.9. The first-order valence-corrected chi connectivity index (χ1v) is 20.0. The Balaban J connectivity index is 1.79. The summed E-state index contributed by atoms with van der Waals surface area (Å²) in [5.41, 5.74) is 0.104. The second-order valence-electron chi connectivity index (χ2n) is 14.9. The molecule has 13 nitrogen and oxygen atoms in total. The molecule has 4 N–H and O–H groups in total. The lowest BCUT2D eigenvalue weighted by molar-refractivity contribution is -0.179. The van der Waals surface area contributed by atoms with Crippen LogP contribution in [0, 0.1) is 45.8 Å². The van der Waals surface area contributed by atoms with Crippen LogP contribution in [0.1, 0.15) is 92.9 Å². The molecule has 0 unspecified atom stereocenters. The Kier molecular flexibility index (Phi) is 10.5. The van der Waals surface area contributed by atoms with Crippen molar-refractivity contribution in [3.63, 3.8) is 0 Å². The van der Waals surface area contributed by atoms with Crippen LogP contribution in [0.4, 0.5) is 0 Å². The SMILES string of the molecule is C=C(C)[C@H](CC)CC[C@@H](C)[C@H]1CC[C@@]2(C)[C@@H]3C[C@H](OS(=O)(=O)O)[C@H]4[C@@H](O)[C@H](OS(=O)(=O)O)[C@@H](OS(=O)(=O)O)C[C@]4(C)C3=CC[C@]12C. The number of fused-ring (bicyclic) bond motifs is 5. The molecule has 0 aliphatic heterocycles. The topological polar surface area (TPSA) is 211 Å². The third-order valence-electron chi connectivity index (χ3n) is 12.5. The second kappa shape index (κ2) is 12.7. The highest BCUT2D eigenvalue weighted by atomic mass is 32.3. The molecule has 0 amide bonds. The Labute approximate surface area is 274 Å². The summed E-state index contributed by atoms with van der Waals surface area (Å²) < 4.78 is 115. The third-order valence-corrected chi connectivity index (χ3v) is 14.0. The van der Waals surface area contributed by atoms with Gasteiger partial charge in [-0.3, -0.25) is 13.7 Å². The number of rotatable bonds is 12. The maximum absolute atomic E-state index is 12.1. The molecule has 0 bridgehead atoms. The molecule has 4 aliphatic rings. The number of hydrogen-bond donors (Lipinski definition) is 4. The Bertz CT molecular complexity index is 1540. The highest BCUT2D eigenvalue weighted by Gasteiger charge is 2.68. The van der Waals surface area contributed by atoms with Gasteiger partial charge >= 0.3 is 31.2 Å². The van der Waals surface area contributed by atoms with Gasteiger partial charge in [-0.2, -0.15) is 25.3 Å². The van der Waals surface area contributed by atoms with E-state index in [0.717, 1.165) is 37.7 Å². The van der Waals surface area contributed by atoms with Crippen molar-refractivity contribution in [2.75, 3.05) is 0 Å². The normalized spacial score (nSPS) is 41.1. The zero-order chi connectivity index (χ0) is 34.8. The molecule has 0 radical (unpaired) electrons. The molecule has 0 aromatic carbocycles. The van der Waals surface area contributed by atoms with Gasteiger partial charge in [-0.15, -0.1) is 0 Å². The van der Waals surface area contributed by atoms with Crippen molar-refractivity contribution in [3.8, 4) is 0 Å². The molecule has 16 heteroatoms. The third kappa shape index (κ3) is 7.17. The van der Waals surface area contributed by atoms with Gasteiger partial charge in [0.1, 0.15) is 12.2 Å². The molecule has 3 saturated carbocycles. The smallest absolute Gasteiger partial charge is 0.390 e. The summed E-state index contributed by atoms with van der Waals surface area (Å²) in [6.45, 7) is 16.8. The molecule has 4 rings (SSSR count). The molecule has 0 aromatic heterocycles. The molecule has 0 spiro atoms. The van der Waals surface area contributed by atoms with E-state index in [0.29, 0.717) is 24.2 Å². The Morgan fingerprint density at radius 1 is 0.957 bits per heavy atom. The van der Waals surface area contributed by atoms with Gasteiger partial charge < -0.3 is 5.11 Å². The van der Waals surface area contributed by atoms with E-state index in [4.69, 9.17) is 8.37 Å². The molecule has 3 fully saturated rings. The van der Waals surface area contributed by atoms with Crippen molar-refractivity contribution in [1.82, 2.24) is 0 Å². The van der Waals surface area contributed by atoms with Crippen LogP contribution in [-0.4, -0.2) is 68.4 Å². The van der Waals surface area contributed by atoms with E-state index in [2.05, 4.69) is 51.5 Å². The van der Waals surface area contributed by atoms with Crippen molar-refractivity contribution in [2.24, 2.45) is 45.8 Å². The summed E-state index contributed by atoms with van der Waals surface area (Å²) >= 11 is 0. The van der Waals surface area contributed by atoms with E-state index in [1.807, 2.05) is 0 Å². The molecular formula is C30H50O13S3. The number of aliphatic hydroxyl groups excluding tert-OH is 1. The van der Waals surface area contributed by atoms with Gasteiger partial charge in [0.25, 0.3) is 0 Å². The quantitative estimate of drug-likeness (QED) is 0.159. The Morgan fingerprint density at radius 2 is 1.52 bits per heavy atom. The fraction of sp³-hybridized carbons (Fsp3) is 0.867. The maximum atomic E-state index is 12.1. The summed E-state index contributed by atoms with van der Waals surface area (Å²) in [4.78, 5) is 0. The highest BCUT2D eigenvalue weighted by molar-refractivity contribution is 7.81. The summed E-state index contributed by atoms with van der Waals surface area (Å²) in [5.74, 6) is -0.410. The van der Waals surface area contributed by atoms with E-state index < -0.39 is 72.4 Å². The minimum Gasteiger partial charge on any atom is -0.390 e. The van der Waals surface area contributed by atoms with Gasteiger partial charge in [0.05, 0.1) is 12.2 Å². The van der Waals surface area contributed by atoms with Crippen LogP contribution in [0.15, 0.2) is 23.8 Å². The van der Waals surface area contributed by atoms with Crippen LogP contribution in [0.3, 0.4) is 0 Å². The summed E-state index contributed by atoms with van der Waals surface area (Å²) in [6, 6.07) is 0. The lowest BCUT2D eigenvalue weighted by Gasteiger charge is -2.63. The van der Waals surface area contributed by atoms with Crippen LogP contribution in [0.5, 0.6) is 0 Å². The predicted molar refractivity (Wildman–Crippen MR) is 168 cm³/mol. The number of hydrogen-bond acceptors (Lipinski definition) is 10. The van der Waals surface area contributed by atoms with Crippen molar-refractivity contribution >= 4 is 31.2 Å². The lowest BCUT2D eigenvalue weighted by atomic mass is 9.43. The van der Waals surface area contributed by atoms with Crippen LogP contribution < -0.4 is 0 Å². The van der Waals surface area contributed by atoms with Crippen LogP contribution in [0.2, 0.25) is 0 Å². The number of aliphatic hydroxyl groups is 1. The zero-order valence-electron chi connectivity index (χ0n) is 27.3. The maximum Gasteiger partial charge on any atom is 0.397 e. The fourth-order valence-corrected chi connectivity index (χ4v) is 11.7. The van der Waals surface area contributed by atoms with Crippen molar-refractivity contribution in [1.29, 1.82) is 0 Å². The second-order valence-corrected chi connectivity index (χ2v) is 18.0. The largest absolute Gasteiger partial charge is 0.397 e. The fourth-order valence-electron chi connectivity index (χ4n) is 10.2. The minimum atomic E-state index is -5.28. The molecule has 12 atom stereocenters. The minimum absolute atomic E-state index is 0.0477. The first-order chi connectivity index (χ1) is 20.9. The van der Waals surface area contributed by atoms with Crippen molar-refractivity contribution in [2.45, 2.75) is 117 Å². The molecule has 0 heterocycles. The molecular weight excluding hydrogens is 665 g/mol. The van der Waals surface area contributed by atoms with E-state index in [9.17, 15) is 44.0 Å². The van der Waals surface area contributed by atoms with E-state index in [-0.39, 0.29) is 24.2 Å². The van der Waals surface area contributed by atoms with Gasteiger partial charge in [0.2, 0.25) is 0 Å². The molecule has 0 aromatic rings. The average Bonchev–Trinajstić information content (AvgIpc) is 3.15. The van der Waals surface area contributed by atoms with E-state index >= 15 is 0 Å². The average molecular weight is 715 g/mol. The Morgan fingerprint density at radius 3 is 2.04 bits per heavy atom. The molecule has 46 heavy (non-hydrogen) atoms. The monoisotopic (exact) mass is 714 g/mol. The highest BCUT2D eigenvalue weighted by Crippen LogP contribution is 2.72. The number of allylic oxidation sites excluding steroid dienone is 3. The van der Waals surface area contributed by atoms with Crippen LogP contribution in [-0.2, 0) is 43.7 Å². The van der Waals surface area contributed by atoms with Gasteiger partial charge in [-0.25, -0.2) is 12.5 Å². The lowest BCUT2D eigenvalue weighted by Crippen LogP contribution is -2.65. The van der Waals surface area contributed by atoms with Gasteiger partial charge in [-0.1, -0.05) is 58.4 Å². The standard InChI is InChI=1S/C30H50O13S3/c1-8-19(17(2)3)10-9-18(4)20-11-13-30(7)22-15-23(41-44(32,33)34)25-26(31)27(43-46(38,39)40)24(42-45(35,36)37)16-28(25,5)21(22)12-14-29(20,30)6/h12,18-20,22-27,31H,2,8-11,13-16H2,1,3-7H3,(H,32,33,34)(H,35,36,37)(H,38,39,40)/t18-,19-,20-,22-,23+,24+,25+,26-,27-,28-,29-,30+/m1/s1. The van der Waals surface area contributed by atoms with E-state index in [1.165, 1.54) is 5.57 Å². The van der Waals surface area contributed by atoms with E-state index in [1.54, 1.807) is 6.92 Å². The van der Waals surface area contributed by atoms with Crippen molar-refractivity contribution in [3.05, 3.63) is 23.8 Å². The van der Waals surface area contributed by atoms with Gasteiger partial charge in [0, 0.05) is 5.92 Å². The predicted octanol–water partition coefficient (Wildman–Crippen LogP) is 4.73. The summed E-state index contributed by atoms with van der Waals surface area (Å²) in [7, 11) is -15.6. The first kappa shape index (κ1) is 37.9. The Hall–Kier alpha value is -0.950. The van der Waals surface area contributed by atoms with Crippen LogP contribution >= 0.6 is 0 Å². The summed E-state index contributed by atoms with van der Waals surface area (Å²) in [6.07, 6.45) is 0.0139. The van der Waals surface area contributed by atoms with Gasteiger partial charge in [0.15, 0.2) is 0 Å². The molecule has 4 aliphatic carbocycles. The molecule has 0 saturated heterocycles. The summed E-state index contributed by atoms with van der Waals surface area (Å²) in [5, 5.41) is 11.6. The zero-order valence-corrected chi connectivity index (χ0v) is 29.8. The molecule has 266 valence electrons. The van der Waals surface area contributed by atoms with Gasteiger partial charge in [-0.05, 0) is 98.2 Å². The van der Waals surface area contributed by atoms with Crippen molar-refractivity contribution < 1.29 is 56.6 Å². The van der Waals surface area contributed by atoms with Crippen LogP contribution in [0.25, 0.3) is 0 Å².